The molecule has 82 valence electrons. The molecule has 0 atom stereocenters. The second kappa shape index (κ2) is 22.4. The summed E-state index contributed by atoms with van der Waals surface area (Å²) >= 11 is 0. The molecule has 0 heterocycles. The lowest BCUT2D eigenvalue weighted by Crippen LogP contribution is -1.78. The van der Waals surface area contributed by atoms with Crippen LogP contribution in [-0.4, -0.2) is 33.2 Å². The predicted molar refractivity (Wildman–Crippen MR) is 46.6 cm³/mol. The molecule has 0 aliphatic carbocycles. The highest BCUT2D eigenvalue weighted by atomic mass is 16.4. The topological polar surface area (TPSA) is 136 Å². The van der Waals surface area contributed by atoms with E-state index in [1.165, 1.54) is 0 Å². The van der Waals surface area contributed by atoms with Crippen molar-refractivity contribution in [1.82, 2.24) is 0 Å². The van der Waals surface area contributed by atoms with Gasteiger partial charge in [-0.25, -0.2) is 5.26 Å². The van der Waals surface area contributed by atoms with Gasteiger partial charge in [-0.05, 0) is 0 Å². The molecule has 14 heavy (non-hydrogen) atoms. The van der Waals surface area contributed by atoms with E-state index in [2.05, 4.69) is 6.57 Å². The zero-order chi connectivity index (χ0) is 12.7. The number of carboxylic acid groups (broad SMARTS) is 3. The SMILES string of the molecule is C#N.CC(=O)O.CC(=O)O.CC(=O)O. The summed E-state index contributed by atoms with van der Waals surface area (Å²) in [6.45, 7) is 6.75. The molecule has 0 saturated heterocycles. The first-order valence-electron chi connectivity index (χ1n) is 3.04. The molecule has 3 N–H and O–H groups in total. The van der Waals surface area contributed by atoms with E-state index >= 15 is 0 Å². The van der Waals surface area contributed by atoms with Gasteiger partial charge in [0.2, 0.25) is 0 Å². The van der Waals surface area contributed by atoms with Gasteiger partial charge in [-0.1, -0.05) is 0 Å². The minimum absolute atomic E-state index is 0.833. The maximum atomic E-state index is 9.00. The van der Waals surface area contributed by atoms with Crippen molar-refractivity contribution in [2.45, 2.75) is 20.8 Å². The average molecular weight is 207 g/mol. The fourth-order valence-corrected chi connectivity index (χ4v) is 0. The normalized spacial score (nSPS) is 5.50. The van der Waals surface area contributed by atoms with Gasteiger partial charge in [0.15, 0.2) is 0 Å². The molecule has 0 unspecified atom stereocenters. The Morgan fingerprint density at radius 1 is 0.786 bits per heavy atom. The Labute approximate surface area is 81.2 Å². The highest BCUT2D eigenvalue weighted by Gasteiger charge is 1.66. The molecule has 7 nitrogen and oxygen atoms in total. The van der Waals surface area contributed by atoms with E-state index in [0.717, 1.165) is 20.8 Å². The molecule has 0 bridgehead atoms. The van der Waals surface area contributed by atoms with E-state index in [4.69, 9.17) is 35.0 Å². The maximum Gasteiger partial charge on any atom is 0.300 e. The van der Waals surface area contributed by atoms with Gasteiger partial charge >= 0.3 is 0 Å². The molecular weight excluding hydrogens is 194 g/mol. The van der Waals surface area contributed by atoms with Gasteiger partial charge in [0.25, 0.3) is 17.9 Å². The van der Waals surface area contributed by atoms with Crippen LogP contribution in [0.25, 0.3) is 0 Å². The lowest BCUT2D eigenvalue weighted by molar-refractivity contribution is -0.135. The van der Waals surface area contributed by atoms with Crippen molar-refractivity contribution >= 4 is 17.9 Å². The summed E-state index contributed by atoms with van der Waals surface area (Å²) in [6.07, 6.45) is 0. The predicted octanol–water partition coefficient (Wildman–Crippen LogP) is 0.412. The third-order valence-electron chi connectivity index (χ3n) is 0. The first-order chi connectivity index (χ1) is 6.20. The third kappa shape index (κ3) is 178. The van der Waals surface area contributed by atoms with Crippen molar-refractivity contribution in [3.63, 3.8) is 0 Å². The number of carboxylic acids is 3. The molecule has 0 rings (SSSR count). The Morgan fingerprint density at radius 3 is 0.786 bits per heavy atom. The van der Waals surface area contributed by atoms with Crippen LogP contribution >= 0.6 is 0 Å². The van der Waals surface area contributed by atoms with Gasteiger partial charge in [-0.2, -0.15) is 0 Å². The minimum Gasteiger partial charge on any atom is -0.481 e. The fraction of sp³-hybridized carbons (Fsp3) is 0.429. The Balaban J connectivity index is -0.0000000492. The third-order valence-corrected chi connectivity index (χ3v) is 0. The van der Waals surface area contributed by atoms with Gasteiger partial charge < -0.3 is 15.3 Å². The Kier molecular flexibility index (Phi) is 36.3. The lowest BCUT2D eigenvalue weighted by Gasteiger charge is -1.59. The molecular formula is C7H13NO6. The summed E-state index contributed by atoms with van der Waals surface area (Å²) in [5.41, 5.74) is 0. The van der Waals surface area contributed by atoms with Crippen LogP contribution in [0.1, 0.15) is 20.8 Å². The largest absolute Gasteiger partial charge is 0.481 e. The standard InChI is InChI=1S/3C2H4O2.CHN/c3*1-2(3)4;1-2/h3*1H3,(H,3,4);1H. The summed E-state index contributed by atoms with van der Waals surface area (Å²) in [4.78, 5) is 27.0. The lowest BCUT2D eigenvalue weighted by atomic mass is 10.9. The van der Waals surface area contributed by atoms with Crippen LogP contribution in [0.2, 0.25) is 0 Å². The summed E-state index contributed by atoms with van der Waals surface area (Å²) in [7, 11) is 0. The molecule has 0 aliphatic heterocycles. The zero-order valence-corrected chi connectivity index (χ0v) is 8.09. The summed E-state index contributed by atoms with van der Waals surface area (Å²) < 4.78 is 0. The van der Waals surface area contributed by atoms with Crippen molar-refractivity contribution in [2.24, 2.45) is 0 Å². The van der Waals surface area contributed by atoms with Gasteiger partial charge in [-0.15, -0.1) is 0 Å². The van der Waals surface area contributed by atoms with Crippen molar-refractivity contribution in [1.29, 1.82) is 5.26 Å². The van der Waals surface area contributed by atoms with E-state index in [1.807, 2.05) is 0 Å². The van der Waals surface area contributed by atoms with E-state index in [0.29, 0.717) is 0 Å². The molecule has 0 spiro atoms. The fourth-order valence-electron chi connectivity index (χ4n) is 0. The van der Waals surface area contributed by atoms with Gasteiger partial charge in [0.1, 0.15) is 0 Å². The molecule has 0 aromatic carbocycles. The van der Waals surface area contributed by atoms with Gasteiger partial charge in [-0.3, -0.25) is 14.4 Å². The van der Waals surface area contributed by atoms with Crippen LogP contribution in [0.3, 0.4) is 0 Å². The van der Waals surface area contributed by atoms with E-state index < -0.39 is 17.9 Å². The first kappa shape index (κ1) is 22.7. The Bertz CT molecular complexity index is 145. The van der Waals surface area contributed by atoms with Crippen LogP contribution in [-0.2, 0) is 14.4 Å². The molecule has 0 fully saturated rings. The number of nitriles is 1. The van der Waals surface area contributed by atoms with Crippen molar-refractivity contribution in [3.05, 3.63) is 0 Å². The molecule has 0 aliphatic rings. The van der Waals surface area contributed by atoms with Crippen molar-refractivity contribution in [2.75, 3.05) is 0 Å². The highest BCUT2D eigenvalue weighted by molar-refractivity contribution is 5.63. The van der Waals surface area contributed by atoms with E-state index in [9.17, 15) is 0 Å². The second-order valence-electron chi connectivity index (χ2n) is 1.56. The van der Waals surface area contributed by atoms with E-state index in [1.54, 1.807) is 0 Å². The summed E-state index contributed by atoms with van der Waals surface area (Å²) in [5, 5.41) is 28.8. The van der Waals surface area contributed by atoms with Crippen molar-refractivity contribution in [3.8, 4) is 6.57 Å². The van der Waals surface area contributed by atoms with E-state index in [-0.39, 0.29) is 0 Å². The molecule has 0 amide bonds. The van der Waals surface area contributed by atoms with Crippen molar-refractivity contribution < 1.29 is 29.7 Å². The van der Waals surface area contributed by atoms with Crippen LogP contribution in [0.5, 0.6) is 0 Å². The minimum atomic E-state index is -0.833. The Morgan fingerprint density at radius 2 is 0.786 bits per heavy atom. The summed E-state index contributed by atoms with van der Waals surface area (Å²) in [6, 6.07) is 0. The number of aliphatic carboxylic acids is 3. The number of nitrogens with zero attached hydrogens (tertiary/aromatic N) is 1. The molecule has 0 aromatic heterocycles. The molecule has 0 saturated carbocycles. The maximum absolute atomic E-state index is 9.00. The molecule has 0 aromatic rings. The van der Waals surface area contributed by atoms with Crippen LogP contribution in [0, 0.1) is 11.8 Å². The van der Waals surface area contributed by atoms with Crippen LogP contribution in [0.15, 0.2) is 0 Å². The number of hydrogen-bond acceptors (Lipinski definition) is 4. The highest BCUT2D eigenvalue weighted by Crippen LogP contribution is 1.42. The number of hydrogen-bond donors (Lipinski definition) is 3. The molecule has 7 heteroatoms. The van der Waals surface area contributed by atoms with Crippen LogP contribution in [0.4, 0.5) is 0 Å². The monoisotopic (exact) mass is 207 g/mol. The number of carbonyl (C=O) groups is 3. The quantitative estimate of drug-likeness (QED) is 0.523. The summed E-state index contributed by atoms with van der Waals surface area (Å²) in [5.74, 6) is -2.50. The molecule has 0 radical (unpaired) electrons. The van der Waals surface area contributed by atoms with Gasteiger partial charge in [0.05, 0.1) is 0 Å². The van der Waals surface area contributed by atoms with Crippen LogP contribution < -0.4 is 0 Å². The Hall–Kier alpha value is -2.10. The second-order valence-corrected chi connectivity index (χ2v) is 1.56. The number of rotatable bonds is 0. The van der Waals surface area contributed by atoms with Gasteiger partial charge in [0, 0.05) is 27.3 Å². The zero-order valence-electron chi connectivity index (χ0n) is 8.09. The average Bonchev–Trinajstić information content (AvgIpc) is 1.86. The smallest absolute Gasteiger partial charge is 0.300 e. The first-order valence-corrected chi connectivity index (χ1v) is 3.04.